The highest BCUT2D eigenvalue weighted by atomic mass is 127. The predicted octanol–water partition coefficient (Wildman–Crippen LogP) is 2.35. The summed E-state index contributed by atoms with van der Waals surface area (Å²) in [6.45, 7) is 0.0892. The summed E-state index contributed by atoms with van der Waals surface area (Å²) in [6.07, 6.45) is -0.562. The summed E-state index contributed by atoms with van der Waals surface area (Å²) in [7, 11) is 0. The van der Waals surface area contributed by atoms with Gasteiger partial charge in [-0.25, -0.2) is 8.78 Å². The molecular weight excluding hydrogens is 457 g/mol. The van der Waals surface area contributed by atoms with Gasteiger partial charge in [0.2, 0.25) is 0 Å². The second-order valence-corrected chi connectivity index (χ2v) is 6.99. The molecule has 0 aliphatic heterocycles. The van der Waals surface area contributed by atoms with Crippen molar-refractivity contribution in [3.05, 3.63) is 62.2 Å². The lowest BCUT2D eigenvalue weighted by molar-refractivity contribution is 0.0994. The third kappa shape index (κ3) is 5.36. The van der Waals surface area contributed by atoms with Crippen molar-refractivity contribution in [2.45, 2.75) is 18.9 Å². The van der Waals surface area contributed by atoms with Gasteiger partial charge in [-0.15, -0.1) is 0 Å². The first kappa shape index (κ1) is 20.5. The van der Waals surface area contributed by atoms with Crippen LogP contribution in [0.4, 0.5) is 8.78 Å². The van der Waals surface area contributed by atoms with Gasteiger partial charge in [-0.1, -0.05) is 6.07 Å². The second kappa shape index (κ2) is 9.24. The van der Waals surface area contributed by atoms with Crippen LogP contribution in [0.3, 0.4) is 0 Å². The van der Waals surface area contributed by atoms with Gasteiger partial charge >= 0.3 is 0 Å². The standard InChI is InChI=1S/C18H19F2IN2O3/c19-12-6-11(5-10-1-2-13(21)8-15(10)20)17(18(23)25)16(7-12)26-4-3-14(24)9-22/h1-2,6-8,14,24H,3-5,9,22H2,(H2,23,25)/t14-/m1/s1. The van der Waals surface area contributed by atoms with Gasteiger partial charge in [0.1, 0.15) is 17.4 Å². The number of carbonyl (C=O) groups is 1. The number of carbonyl (C=O) groups excluding carboxylic acids is 1. The van der Waals surface area contributed by atoms with E-state index in [1.807, 2.05) is 22.6 Å². The van der Waals surface area contributed by atoms with Crippen LogP contribution in [0.15, 0.2) is 30.3 Å². The highest BCUT2D eigenvalue weighted by molar-refractivity contribution is 14.1. The SMILES string of the molecule is NC[C@H](O)CCOc1cc(F)cc(Cc2ccc(I)cc2F)c1C(N)=O. The Morgan fingerprint density at radius 1 is 1.23 bits per heavy atom. The molecule has 8 heteroatoms. The van der Waals surface area contributed by atoms with Gasteiger partial charge in [-0.3, -0.25) is 4.79 Å². The highest BCUT2D eigenvalue weighted by Gasteiger charge is 2.19. The summed E-state index contributed by atoms with van der Waals surface area (Å²) in [5, 5.41) is 9.46. The molecule has 0 saturated heterocycles. The molecule has 0 fully saturated rings. The molecule has 26 heavy (non-hydrogen) atoms. The number of aliphatic hydroxyl groups excluding tert-OH is 1. The number of hydrogen-bond acceptors (Lipinski definition) is 4. The molecule has 0 unspecified atom stereocenters. The number of halogens is 3. The third-order valence-electron chi connectivity index (χ3n) is 3.77. The Bertz CT molecular complexity index is 802. The van der Waals surface area contributed by atoms with Crippen molar-refractivity contribution >= 4 is 28.5 Å². The second-order valence-electron chi connectivity index (χ2n) is 5.74. The third-order valence-corrected chi connectivity index (χ3v) is 4.44. The van der Waals surface area contributed by atoms with Crippen LogP contribution >= 0.6 is 22.6 Å². The summed E-state index contributed by atoms with van der Waals surface area (Å²) < 4.78 is 34.3. The molecule has 0 heterocycles. The number of nitrogens with two attached hydrogens (primary N) is 2. The maximum Gasteiger partial charge on any atom is 0.252 e. The predicted molar refractivity (Wildman–Crippen MR) is 102 cm³/mol. The zero-order valence-corrected chi connectivity index (χ0v) is 16.0. The zero-order valence-electron chi connectivity index (χ0n) is 13.8. The van der Waals surface area contributed by atoms with E-state index in [9.17, 15) is 18.7 Å². The van der Waals surface area contributed by atoms with E-state index in [1.54, 1.807) is 12.1 Å². The van der Waals surface area contributed by atoms with Crippen molar-refractivity contribution in [1.29, 1.82) is 0 Å². The van der Waals surface area contributed by atoms with Gasteiger partial charge in [0.15, 0.2) is 0 Å². The maximum atomic E-state index is 14.1. The largest absolute Gasteiger partial charge is 0.493 e. The van der Waals surface area contributed by atoms with E-state index in [-0.39, 0.29) is 42.9 Å². The normalized spacial score (nSPS) is 12.0. The van der Waals surface area contributed by atoms with Crippen molar-refractivity contribution in [2.75, 3.05) is 13.2 Å². The molecule has 0 spiro atoms. The maximum absolute atomic E-state index is 14.1. The van der Waals surface area contributed by atoms with E-state index < -0.39 is 23.6 Å². The summed E-state index contributed by atoms with van der Waals surface area (Å²) in [5.41, 5.74) is 11.3. The van der Waals surface area contributed by atoms with E-state index in [1.165, 1.54) is 6.07 Å². The van der Waals surface area contributed by atoms with Crippen molar-refractivity contribution in [1.82, 2.24) is 0 Å². The smallest absolute Gasteiger partial charge is 0.252 e. The molecule has 0 saturated carbocycles. The van der Waals surface area contributed by atoms with Gasteiger partial charge in [0.25, 0.3) is 5.91 Å². The molecule has 2 aromatic rings. The minimum atomic E-state index is -0.805. The number of aliphatic hydroxyl groups is 1. The van der Waals surface area contributed by atoms with Crippen molar-refractivity contribution in [2.24, 2.45) is 11.5 Å². The van der Waals surface area contributed by atoms with Crippen LogP contribution in [-0.4, -0.2) is 30.3 Å². The van der Waals surface area contributed by atoms with Crippen LogP contribution in [0.25, 0.3) is 0 Å². The average molecular weight is 476 g/mol. The van der Waals surface area contributed by atoms with Crippen molar-refractivity contribution < 1.29 is 23.4 Å². The Morgan fingerprint density at radius 3 is 2.58 bits per heavy atom. The Kier molecular flexibility index (Phi) is 7.30. The van der Waals surface area contributed by atoms with E-state index in [2.05, 4.69) is 0 Å². The number of benzene rings is 2. The van der Waals surface area contributed by atoms with Gasteiger partial charge in [0, 0.05) is 29.0 Å². The van der Waals surface area contributed by atoms with E-state index in [0.29, 0.717) is 5.56 Å². The molecule has 5 N–H and O–H groups in total. The fraction of sp³-hybridized carbons (Fsp3) is 0.278. The average Bonchev–Trinajstić information content (AvgIpc) is 2.56. The van der Waals surface area contributed by atoms with Gasteiger partial charge in [0.05, 0.1) is 18.3 Å². The Labute approximate surface area is 163 Å². The lowest BCUT2D eigenvalue weighted by atomic mass is 9.98. The van der Waals surface area contributed by atoms with E-state index in [4.69, 9.17) is 16.2 Å². The molecule has 2 rings (SSSR count). The summed E-state index contributed by atoms with van der Waals surface area (Å²) in [5.74, 6) is -1.93. The van der Waals surface area contributed by atoms with Crippen LogP contribution in [0.2, 0.25) is 0 Å². The fourth-order valence-corrected chi connectivity index (χ4v) is 2.92. The molecule has 0 bridgehead atoms. The highest BCUT2D eigenvalue weighted by Crippen LogP contribution is 2.27. The zero-order chi connectivity index (χ0) is 19.3. The summed E-state index contributed by atoms with van der Waals surface area (Å²) >= 11 is 1.98. The van der Waals surface area contributed by atoms with Gasteiger partial charge in [-0.05, 0) is 51.9 Å². The monoisotopic (exact) mass is 476 g/mol. The quantitative estimate of drug-likeness (QED) is 0.510. The Balaban J connectivity index is 2.34. The summed E-state index contributed by atoms with van der Waals surface area (Å²) in [6, 6.07) is 6.82. The van der Waals surface area contributed by atoms with Gasteiger partial charge < -0.3 is 21.3 Å². The fourth-order valence-electron chi connectivity index (χ4n) is 2.46. The molecular formula is C18H19F2IN2O3. The first-order valence-electron chi connectivity index (χ1n) is 7.89. The first-order valence-corrected chi connectivity index (χ1v) is 8.96. The lowest BCUT2D eigenvalue weighted by Gasteiger charge is -2.15. The molecule has 140 valence electrons. The lowest BCUT2D eigenvalue weighted by Crippen LogP contribution is -2.23. The number of rotatable bonds is 8. The number of amides is 1. The van der Waals surface area contributed by atoms with Crippen LogP contribution in [0.1, 0.15) is 27.9 Å². The molecule has 2 aromatic carbocycles. The van der Waals surface area contributed by atoms with Gasteiger partial charge in [-0.2, -0.15) is 0 Å². The minimum Gasteiger partial charge on any atom is -0.493 e. The number of primary amides is 1. The molecule has 1 atom stereocenters. The molecule has 0 aliphatic carbocycles. The van der Waals surface area contributed by atoms with Crippen LogP contribution in [0.5, 0.6) is 5.75 Å². The van der Waals surface area contributed by atoms with Crippen LogP contribution in [0, 0.1) is 15.2 Å². The van der Waals surface area contributed by atoms with Crippen molar-refractivity contribution in [3.63, 3.8) is 0 Å². The summed E-state index contributed by atoms with van der Waals surface area (Å²) in [4.78, 5) is 11.9. The number of hydrogen-bond donors (Lipinski definition) is 3. The molecule has 0 aliphatic rings. The minimum absolute atomic E-state index is 0.00779. The van der Waals surface area contributed by atoms with Crippen LogP contribution in [-0.2, 0) is 6.42 Å². The first-order chi connectivity index (χ1) is 12.3. The number of ether oxygens (including phenoxy) is 1. The molecule has 5 nitrogen and oxygen atoms in total. The van der Waals surface area contributed by atoms with Crippen LogP contribution < -0.4 is 16.2 Å². The van der Waals surface area contributed by atoms with E-state index >= 15 is 0 Å². The Morgan fingerprint density at radius 2 is 1.96 bits per heavy atom. The molecule has 1 amide bonds. The van der Waals surface area contributed by atoms with Crippen molar-refractivity contribution in [3.8, 4) is 5.75 Å². The molecule has 0 aromatic heterocycles. The topological polar surface area (TPSA) is 98.6 Å². The molecule has 0 radical (unpaired) electrons. The Hall–Kier alpha value is -1.78. The van der Waals surface area contributed by atoms with E-state index in [0.717, 1.165) is 15.7 Å².